The number of carbonyl (C=O) groups is 1. The third-order valence-electron chi connectivity index (χ3n) is 8.36. The quantitative estimate of drug-likeness (QED) is 0.146. The van der Waals surface area contributed by atoms with Gasteiger partial charge in [0.2, 0.25) is 5.91 Å². The molecular weight excluding hydrogens is 639 g/mol. The minimum Gasteiger partial charge on any atom is -0.356 e. The third kappa shape index (κ3) is 6.21. The lowest BCUT2D eigenvalue weighted by atomic mass is 9.76. The van der Waals surface area contributed by atoms with Gasteiger partial charge in [0.05, 0.1) is 11.8 Å². The summed E-state index contributed by atoms with van der Waals surface area (Å²) >= 11 is 6.43. The number of nitrogens with one attached hydrogen (secondary N) is 2. The van der Waals surface area contributed by atoms with Crippen LogP contribution in [-0.2, 0) is 10.3 Å². The van der Waals surface area contributed by atoms with E-state index in [1.165, 1.54) is 19.3 Å². The average molecular weight is 670 g/mol. The summed E-state index contributed by atoms with van der Waals surface area (Å²) in [6.45, 7) is 1.78. The number of hydrogen-bond donors (Lipinski definition) is 2. The van der Waals surface area contributed by atoms with Crippen molar-refractivity contribution >= 4 is 34.5 Å². The smallest absolute Gasteiger partial charge is 0.356 e. The van der Waals surface area contributed by atoms with Crippen LogP contribution in [0.15, 0.2) is 116 Å². The maximum atomic E-state index is 12.9. The molecule has 1 atom stereocenters. The van der Waals surface area contributed by atoms with Crippen LogP contribution in [0.2, 0.25) is 5.15 Å². The Hall–Kier alpha value is -5.29. The zero-order chi connectivity index (χ0) is 33.9. The third-order valence-corrected chi connectivity index (χ3v) is 8.54. The van der Waals surface area contributed by atoms with Crippen LogP contribution in [0, 0.1) is 0 Å². The molecule has 0 aliphatic rings. The lowest BCUT2D eigenvalue weighted by Gasteiger charge is -2.38. The molecule has 12 heteroatoms. The van der Waals surface area contributed by atoms with Crippen molar-refractivity contribution < 1.29 is 18.0 Å². The van der Waals surface area contributed by atoms with Crippen LogP contribution in [0.25, 0.3) is 22.6 Å². The van der Waals surface area contributed by atoms with E-state index in [2.05, 4.69) is 51.7 Å². The van der Waals surface area contributed by atoms with Gasteiger partial charge in [-0.25, -0.2) is 19.9 Å². The van der Waals surface area contributed by atoms with Crippen molar-refractivity contribution in [3.05, 3.63) is 137 Å². The normalized spacial score (nSPS) is 13.2. The number of halogens is 4. The van der Waals surface area contributed by atoms with E-state index in [1.54, 1.807) is 13.0 Å². The van der Waals surface area contributed by atoms with Gasteiger partial charge in [-0.05, 0) is 36.1 Å². The Bertz CT molecular complexity index is 1940. The van der Waals surface area contributed by atoms with Crippen LogP contribution < -0.4 is 10.6 Å². The Labute approximate surface area is 280 Å². The maximum Gasteiger partial charge on any atom is 0.405 e. The van der Waals surface area contributed by atoms with Gasteiger partial charge in [0.1, 0.15) is 34.1 Å². The standard InChI is InChI=1S/C36H31ClF3N7O/c1-3-34(2,33(48)43-23-35(38,39)40)46-29-19-20-41-31(45-29)27-22-47(32-30(27)44-28(37)21-42-32)36(24-13-7-4-8-14-24,25-15-9-5-10-16-25)26-17-11-6-12-18-26/h4-22H,3,23H2,1-2H3,(H,43,48)(H,41,45,46)/t34-/m1/s1. The highest BCUT2D eigenvalue weighted by Crippen LogP contribution is 2.44. The highest BCUT2D eigenvalue weighted by molar-refractivity contribution is 6.29. The number of aromatic nitrogens is 5. The molecule has 0 saturated carbocycles. The van der Waals surface area contributed by atoms with Crippen molar-refractivity contribution in [1.82, 2.24) is 29.8 Å². The topological polar surface area (TPSA) is 97.6 Å². The van der Waals surface area contributed by atoms with E-state index >= 15 is 0 Å². The first-order chi connectivity index (χ1) is 23.0. The first kappa shape index (κ1) is 32.6. The molecule has 0 saturated heterocycles. The van der Waals surface area contributed by atoms with Gasteiger partial charge in [0.15, 0.2) is 11.5 Å². The van der Waals surface area contributed by atoms with Gasteiger partial charge >= 0.3 is 6.18 Å². The molecule has 244 valence electrons. The number of nitrogens with zero attached hydrogens (tertiary/aromatic N) is 5. The fourth-order valence-electron chi connectivity index (χ4n) is 5.87. The molecule has 6 rings (SSSR count). The fourth-order valence-corrected chi connectivity index (χ4v) is 6.00. The van der Waals surface area contributed by atoms with E-state index in [9.17, 15) is 18.0 Å². The Morgan fingerprint density at radius 1 is 0.833 bits per heavy atom. The molecule has 0 unspecified atom stereocenters. The van der Waals surface area contributed by atoms with Crippen LogP contribution in [-0.4, -0.2) is 48.7 Å². The van der Waals surface area contributed by atoms with Crippen molar-refractivity contribution in [2.45, 2.75) is 37.5 Å². The van der Waals surface area contributed by atoms with Gasteiger partial charge in [-0.1, -0.05) is 110 Å². The highest BCUT2D eigenvalue weighted by Gasteiger charge is 2.41. The SMILES string of the molecule is CC[C@@](C)(Nc1ccnc(-c2cn(C(c3ccccc3)(c3ccccc3)c3ccccc3)c3ncc(Cl)nc23)n1)C(=O)NCC(F)(F)F. The first-order valence-corrected chi connectivity index (χ1v) is 15.6. The van der Waals surface area contributed by atoms with E-state index in [0.29, 0.717) is 16.7 Å². The molecule has 6 aromatic rings. The van der Waals surface area contributed by atoms with Crippen LogP contribution >= 0.6 is 11.6 Å². The zero-order valence-corrected chi connectivity index (χ0v) is 26.8. The van der Waals surface area contributed by atoms with Crippen LogP contribution in [0.5, 0.6) is 0 Å². The minimum atomic E-state index is -4.54. The van der Waals surface area contributed by atoms with Gasteiger partial charge < -0.3 is 15.2 Å². The molecule has 0 aliphatic carbocycles. The summed E-state index contributed by atoms with van der Waals surface area (Å²) in [4.78, 5) is 31.6. The Morgan fingerprint density at radius 2 is 1.40 bits per heavy atom. The molecule has 0 bridgehead atoms. The lowest BCUT2D eigenvalue weighted by molar-refractivity contribution is -0.140. The van der Waals surface area contributed by atoms with E-state index in [1.807, 2.05) is 70.7 Å². The van der Waals surface area contributed by atoms with Gasteiger partial charge in [0.25, 0.3) is 0 Å². The molecule has 1 amide bonds. The van der Waals surface area contributed by atoms with Crippen LogP contribution in [0.3, 0.4) is 0 Å². The van der Waals surface area contributed by atoms with Gasteiger partial charge in [-0.3, -0.25) is 4.79 Å². The molecule has 8 nitrogen and oxygen atoms in total. The number of amides is 1. The van der Waals surface area contributed by atoms with E-state index in [0.717, 1.165) is 16.7 Å². The molecule has 0 fully saturated rings. The van der Waals surface area contributed by atoms with E-state index in [-0.39, 0.29) is 23.2 Å². The molecule has 3 heterocycles. The molecule has 3 aromatic heterocycles. The summed E-state index contributed by atoms with van der Waals surface area (Å²) in [5, 5.41) is 5.16. The number of benzene rings is 3. The lowest BCUT2D eigenvalue weighted by Crippen LogP contribution is -2.52. The van der Waals surface area contributed by atoms with Crippen molar-refractivity contribution in [3.63, 3.8) is 0 Å². The molecular formula is C36H31ClF3N7O. The predicted octanol–water partition coefficient (Wildman–Crippen LogP) is 7.64. The van der Waals surface area contributed by atoms with E-state index in [4.69, 9.17) is 21.6 Å². The molecule has 3 aromatic carbocycles. The molecule has 0 spiro atoms. The van der Waals surface area contributed by atoms with Crippen molar-refractivity contribution in [2.75, 3.05) is 11.9 Å². The fraction of sp³-hybridized carbons (Fsp3) is 0.194. The second-order valence-electron chi connectivity index (χ2n) is 11.5. The summed E-state index contributed by atoms with van der Waals surface area (Å²) in [6.07, 6.45) is 0.527. The zero-order valence-electron chi connectivity index (χ0n) is 26.0. The summed E-state index contributed by atoms with van der Waals surface area (Å²) in [5.41, 5.74) is 2.02. The summed E-state index contributed by atoms with van der Waals surface area (Å²) in [7, 11) is 0. The number of hydrogen-bond acceptors (Lipinski definition) is 6. The molecule has 0 radical (unpaired) electrons. The molecule has 48 heavy (non-hydrogen) atoms. The number of rotatable bonds is 10. The summed E-state index contributed by atoms with van der Waals surface area (Å²) in [6, 6.07) is 31.7. The average Bonchev–Trinajstić information content (AvgIpc) is 3.47. The van der Waals surface area contributed by atoms with Crippen molar-refractivity contribution in [1.29, 1.82) is 0 Å². The van der Waals surface area contributed by atoms with Crippen LogP contribution in [0.4, 0.5) is 19.0 Å². The summed E-state index contributed by atoms with van der Waals surface area (Å²) in [5.74, 6) is -0.324. The van der Waals surface area contributed by atoms with Crippen molar-refractivity contribution in [3.8, 4) is 11.4 Å². The van der Waals surface area contributed by atoms with Crippen LogP contribution in [0.1, 0.15) is 37.0 Å². The Morgan fingerprint density at radius 3 is 1.92 bits per heavy atom. The van der Waals surface area contributed by atoms with E-state index < -0.39 is 29.7 Å². The van der Waals surface area contributed by atoms with Gasteiger partial charge in [-0.15, -0.1) is 0 Å². The monoisotopic (exact) mass is 669 g/mol. The minimum absolute atomic E-state index is 0.167. The largest absolute Gasteiger partial charge is 0.405 e. The second kappa shape index (κ2) is 13.1. The molecule has 2 N–H and O–H groups in total. The van der Waals surface area contributed by atoms with Gasteiger partial charge in [-0.2, -0.15) is 13.2 Å². The number of fused-ring (bicyclic) bond motifs is 1. The summed E-state index contributed by atoms with van der Waals surface area (Å²) < 4.78 is 40.6. The Balaban J connectivity index is 1.55. The number of alkyl halides is 3. The predicted molar refractivity (Wildman–Crippen MR) is 180 cm³/mol. The highest BCUT2D eigenvalue weighted by atomic mass is 35.5. The first-order valence-electron chi connectivity index (χ1n) is 15.2. The number of anilines is 1. The molecule has 0 aliphatic heterocycles. The van der Waals surface area contributed by atoms with Gasteiger partial charge in [0, 0.05) is 12.4 Å². The number of carbonyl (C=O) groups excluding carboxylic acids is 1. The van der Waals surface area contributed by atoms with Crippen molar-refractivity contribution in [2.24, 2.45) is 0 Å². The maximum absolute atomic E-state index is 12.9. The second-order valence-corrected chi connectivity index (χ2v) is 11.8. The Kier molecular flexibility index (Phi) is 8.89.